The van der Waals surface area contributed by atoms with Gasteiger partial charge in [0.25, 0.3) is 0 Å². The lowest BCUT2D eigenvalue weighted by Crippen LogP contribution is -2.25. The average Bonchev–Trinajstić information content (AvgIpc) is 2.42. The highest BCUT2D eigenvalue weighted by atomic mass is 16.1. The molecule has 0 aliphatic heterocycles. The molecule has 100 valence electrons. The van der Waals surface area contributed by atoms with Crippen molar-refractivity contribution in [2.24, 2.45) is 5.92 Å². The number of H-pyrrole nitrogens is 1. The van der Waals surface area contributed by atoms with Gasteiger partial charge in [0.15, 0.2) is 0 Å². The van der Waals surface area contributed by atoms with Crippen LogP contribution < -0.4 is 10.9 Å². The molecule has 0 atom stereocenters. The Morgan fingerprint density at radius 3 is 2.84 bits per heavy atom. The van der Waals surface area contributed by atoms with Gasteiger partial charge in [0.1, 0.15) is 12.1 Å². The number of hydrogen-bond acceptors (Lipinski definition) is 4. The van der Waals surface area contributed by atoms with E-state index in [1.54, 1.807) is 12.3 Å². The Bertz CT molecular complexity index is 629. The second-order valence-electron chi connectivity index (χ2n) is 5.42. The average molecular weight is 258 g/mol. The molecule has 2 aromatic rings. The van der Waals surface area contributed by atoms with Gasteiger partial charge >= 0.3 is 0 Å². The van der Waals surface area contributed by atoms with E-state index in [-0.39, 0.29) is 5.56 Å². The van der Waals surface area contributed by atoms with Crippen molar-refractivity contribution in [1.82, 2.24) is 15.0 Å². The zero-order chi connectivity index (χ0) is 13.2. The predicted molar refractivity (Wildman–Crippen MR) is 75.2 cm³/mol. The Morgan fingerprint density at radius 2 is 2.05 bits per heavy atom. The molecule has 19 heavy (non-hydrogen) atoms. The molecule has 2 N–H and O–H groups in total. The molecule has 0 spiro atoms. The normalized spacial score (nSPS) is 23.4. The topological polar surface area (TPSA) is 70.7 Å². The molecule has 5 nitrogen and oxygen atoms in total. The van der Waals surface area contributed by atoms with Crippen molar-refractivity contribution in [2.45, 2.75) is 38.6 Å². The van der Waals surface area contributed by atoms with Crippen molar-refractivity contribution >= 4 is 16.7 Å². The van der Waals surface area contributed by atoms with E-state index in [2.05, 4.69) is 27.2 Å². The van der Waals surface area contributed by atoms with Gasteiger partial charge in [0.2, 0.25) is 5.56 Å². The Kier molecular flexibility index (Phi) is 3.19. The van der Waals surface area contributed by atoms with E-state index >= 15 is 0 Å². The maximum atomic E-state index is 11.4. The van der Waals surface area contributed by atoms with Crippen molar-refractivity contribution in [2.75, 3.05) is 5.32 Å². The van der Waals surface area contributed by atoms with Gasteiger partial charge in [-0.3, -0.25) is 4.79 Å². The molecule has 5 heteroatoms. The summed E-state index contributed by atoms with van der Waals surface area (Å²) in [4.78, 5) is 22.5. The molecule has 0 radical (unpaired) electrons. The lowest BCUT2D eigenvalue weighted by molar-refractivity contribution is 0.361. The number of hydrogen-bond donors (Lipinski definition) is 2. The molecule has 2 heterocycles. The number of rotatable bonds is 2. The van der Waals surface area contributed by atoms with Gasteiger partial charge in [0.05, 0.1) is 5.52 Å². The van der Waals surface area contributed by atoms with Crippen LogP contribution in [-0.2, 0) is 0 Å². The predicted octanol–water partition coefficient (Wildman–Crippen LogP) is 2.31. The summed E-state index contributed by atoms with van der Waals surface area (Å²) in [5.74, 6) is 1.60. The van der Waals surface area contributed by atoms with Crippen molar-refractivity contribution in [3.63, 3.8) is 0 Å². The summed E-state index contributed by atoms with van der Waals surface area (Å²) in [6.07, 6.45) is 8.00. The molecule has 0 amide bonds. The first-order valence-corrected chi connectivity index (χ1v) is 6.82. The van der Waals surface area contributed by atoms with Gasteiger partial charge in [-0.15, -0.1) is 0 Å². The summed E-state index contributed by atoms with van der Waals surface area (Å²) >= 11 is 0. The maximum Gasteiger partial charge on any atom is 0.248 e. The number of pyridine rings is 1. The minimum Gasteiger partial charge on any atom is -0.367 e. The molecule has 3 rings (SSSR count). The quantitative estimate of drug-likeness (QED) is 0.867. The first kappa shape index (κ1) is 12.1. The Morgan fingerprint density at radius 1 is 1.26 bits per heavy atom. The zero-order valence-electron chi connectivity index (χ0n) is 11.0. The van der Waals surface area contributed by atoms with Crippen LogP contribution >= 0.6 is 0 Å². The van der Waals surface area contributed by atoms with Crippen LogP contribution in [0.3, 0.4) is 0 Å². The standard InChI is InChI=1S/C14H18N4O/c1-9-2-4-10(5-3-9)18-14-11-6-13(19)15-7-12(11)16-8-17-14/h6-10H,2-5H2,1H3,(H,15,19)(H,16,17,18). The van der Waals surface area contributed by atoms with Crippen LogP contribution in [0.15, 0.2) is 23.4 Å². The molecule has 0 aromatic carbocycles. The Balaban J connectivity index is 1.88. The summed E-state index contributed by atoms with van der Waals surface area (Å²) in [5.41, 5.74) is 0.642. The molecule has 0 saturated heterocycles. The number of aromatic nitrogens is 3. The summed E-state index contributed by atoms with van der Waals surface area (Å²) in [7, 11) is 0. The van der Waals surface area contributed by atoms with Gasteiger partial charge in [-0.2, -0.15) is 0 Å². The minimum absolute atomic E-state index is 0.123. The van der Waals surface area contributed by atoms with Gasteiger partial charge in [-0.1, -0.05) is 6.92 Å². The largest absolute Gasteiger partial charge is 0.367 e. The van der Waals surface area contributed by atoms with Gasteiger partial charge < -0.3 is 10.3 Å². The minimum atomic E-state index is -0.123. The lowest BCUT2D eigenvalue weighted by atomic mass is 9.87. The summed E-state index contributed by atoms with van der Waals surface area (Å²) in [6.45, 7) is 2.30. The van der Waals surface area contributed by atoms with Crippen molar-refractivity contribution in [3.8, 4) is 0 Å². The van der Waals surface area contributed by atoms with E-state index in [4.69, 9.17) is 0 Å². The van der Waals surface area contributed by atoms with E-state index in [9.17, 15) is 4.79 Å². The molecule has 1 aliphatic carbocycles. The first-order valence-electron chi connectivity index (χ1n) is 6.82. The second kappa shape index (κ2) is 4.99. The molecular weight excluding hydrogens is 240 g/mol. The summed E-state index contributed by atoms with van der Waals surface area (Å²) in [6, 6.07) is 2.01. The summed E-state index contributed by atoms with van der Waals surface area (Å²) < 4.78 is 0. The van der Waals surface area contributed by atoms with Crippen molar-refractivity contribution < 1.29 is 0 Å². The van der Waals surface area contributed by atoms with Crippen LogP contribution in [0, 0.1) is 5.92 Å². The Labute approximate surface area is 111 Å². The van der Waals surface area contributed by atoms with Crippen LogP contribution in [0.1, 0.15) is 32.6 Å². The number of anilines is 1. The third kappa shape index (κ3) is 2.59. The van der Waals surface area contributed by atoms with Crippen molar-refractivity contribution in [3.05, 3.63) is 28.9 Å². The first-order chi connectivity index (χ1) is 9.22. The fraction of sp³-hybridized carbons (Fsp3) is 0.500. The summed E-state index contributed by atoms with van der Waals surface area (Å²) in [5, 5.41) is 4.26. The molecule has 2 aromatic heterocycles. The number of nitrogens with zero attached hydrogens (tertiary/aromatic N) is 2. The third-order valence-corrected chi connectivity index (χ3v) is 3.90. The van der Waals surface area contributed by atoms with Gasteiger partial charge in [0, 0.05) is 23.7 Å². The van der Waals surface area contributed by atoms with Crippen LogP contribution in [0.25, 0.3) is 10.9 Å². The molecule has 1 saturated carbocycles. The highest BCUT2D eigenvalue weighted by Gasteiger charge is 2.19. The highest BCUT2D eigenvalue weighted by Crippen LogP contribution is 2.27. The number of nitrogens with one attached hydrogen (secondary N) is 2. The van der Waals surface area contributed by atoms with Gasteiger partial charge in [-0.25, -0.2) is 9.97 Å². The second-order valence-corrected chi connectivity index (χ2v) is 5.42. The smallest absolute Gasteiger partial charge is 0.248 e. The molecule has 0 bridgehead atoms. The zero-order valence-corrected chi connectivity index (χ0v) is 11.0. The van der Waals surface area contributed by atoms with Crippen LogP contribution in [0.4, 0.5) is 5.82 Å². The van der Waals surface area contributed by atoms with E-state index in [0.717, 1.165) is 35.5 Å². The molecule has 1 fully saturated rings. The molecule has 0 unspecified atom stereocenters. The fourth-order valence-corrected chi connectivity index (χ4v) is 2.69. The molecular formula is C14H18N4O. The lowest BCUT2D eigenvalue weighted by Gasteiger charge is -2.27. The highest BCUT2D eigenvalue weighted by molar-refractivity contribution is 5.87. The fourth-order valence-electron chi connectivity index (χ4n) is 2.69. The molecule has 1 aliphatic rings. The Hall–Kier alpha value is -1.91. The van der Waals surface area contributed by atoms with E-state index in [0.29, 0.717) is 6.04 Å². The third-order valence-electron chi connectivity index (χ3n) is 3.90. The van der Waals surface area contributed by atoms with Gasteiger partial charge in [-0.05, 0) is 31.6 Å². The van der Waals surface area contributed by atoms with Crippen LogP contribution in [0.5, 0.6) is 0 Å². The van der Waals surface area contributed by atoms with E-state index in [1.165, 1.54) is 19.2 Å². The van der Waals surface area contributed by atoms with E-state index < -0.39 is 0 Å². The van der Waals surface area contributed by atoms with Crippen LogP contribution in [-0.4, -0.2) is 21.0 Å². The maximum absolute atomic E-state index is 11.4. The SMILES string of the molecule is CC1CCC(Nc2ncnc3c[nH]c(=O)cc23)CC1. The van der Waals surface area contributed by atoms with Crippen LogP contribution in [0.2, 0.25) is 0 Å². The van der Waals surface area contributed by atoms with Crippen molar-refractivity contribution in [1.29, 1.82) is 0 Å². The number of aromatic amines is 1. The number of fused-ring (bicyclic) bond motifs is 1. The monoisotopic (exact) mass is 258 g/mol. The van der Waals surface area contributed by atoms with E-state index in [1.807, 2.05) is 0 Å².